The maximum Gasteiger partial charge on any atom is 0.139 e. The highest BCUT2D eigenvalue weighted by molar-refractivity contribution is 6.06. The molecule has 0 saturated heterocycles. The van der Waals surface area contributed by atoms with Crippen molar-refractivity contribution < 1.29 is 0 Å². The van der Waals surface area contributed by atoms with E-state index in [1.807, 2.05) is 0 Å². The first-order valence-corrected chi connectivity index (χ1v) is 5.31. The summed E-state index contributed by atoms with van der Waals surface area (Å²) in [5.41, 5.74) is 4.05. The van der Waals surface area contributed by atoms with Gasteiger partial charge in [0, 0.05) is 44.0 Å². The molecule has 0 aromatic heterocycles. The van der Waals surface area contributed by atoms with Crippen LogP contribution in [0, 0.1) is 0 Å². The Bertz CT molecular complexity index is 374. The Hall–Kier alpha value is -1.35. The fraction of sp³-hybridized carbons (Fsp3) is 0.417. The summed E-state index contributed by atoms with van der Waals surface area (Å²) in [7, 11) is 2.08. The molecule has 3 nitrogen and oxygen atoms in total. The van der Waals surface area contributed by atoms with Crippen LogP contribution in [0.4, 0.5) is 0 Å². The molecule has 2 aliphatic rings. The second-order valence-electron chi connectivity index (χ2n) is 3.75. The van der Waals surface area contributed by atoms with E-state index in [0.717, 1.165) is 25.3 Å². The van der Waals surface area contributed by atoms with E-state index in [4.69, 9.17) is 0 Å². The van der Waals surface area contributed by atoms with E-state index in [-0.39, 0.29) is 0 Å². The van der Waals surface area contributed by atoms with Crippen LogP contribution >= 0.6 is 0 Å². The summed E-state index contributed by atoms with van der Waals surface area (Å²) in [5, 5.41) is 3.40. The Morgan fingerprint density at radius 2 is 2.33 bits per heavy atom. The predicted molar refractivity (Wildman–Crippen MR) is 63.7 cm³/mol. The van der Waals surface area contributed by atoms with E-state index in [1.54, 1.807) is 6.20 Å². The van der Waals surface area contributed by atoms with E-state index in [0.29, 0.717) is 0 Å². The Kier molecular flexibility index (Phi) is 2.73. The van der Waals surface area contributed by atoms with Crippen molar-refractivity contribution >= 4 is 5.84 Å². The standard InChI is InChI=1S/C12H17N3/c1-4-9-10-8-13-7-6-11(10)15(3)12(9)14-5-2/h4-5,13H,2,6-8H2,1,3H3/b9-4-,14-12?. The van der Waals surface area contributed by atoms with Crippen molar-refractivity contribution in [2.24, 2.45) is 4.99 Å². The van der Waals surface area contributed by atoms with Crippen LogP contribution in [0.1, 0.15) is 13.3 Å². The van der Waals surface area contributed by atoms with E-state index in [2.05, 4.69) is 41.8 Å². The van der Waals surface area contributed by atoms with Gasteiger partial charge in [-0.3, -0.25) is 0 Å². The molecule has 0 aliphatic carbocycles. The summed E-state index contributed by atoms with van der Waals surface area (Å²) >= 11 is 0. The van der Waals surface area contributed by atoms with Gasteiger partial charge in [-0.25, -0.2) is 4.99 Å². The van der Waals surface area contributed by atoms with Crippen LogP contribution in [-0.2, 0) is 0 Å². The molecule has 0 fully saturated rings. The SMILES string of the molecule is C=CN=C1/C(=C\C)C2=C(CCNC2)N1C. The smallest absolute Gasteiger partial charge is 0.139 e. The van der Waals surface area contributed by atoms with Crippen molar-refractivity contribution in [1.29, 1.82) is 0 Å². The molecule has 0 aromatic carbocycles. The van der Waals surface area contributed by atoms with Gasteiger partial charge in [0.2, 0.25) is 0 Å². The van der Waals surface area contributed by atoms with Crippen LogP contribution < -0.4 is 5.32 Å². The fourth-order valence-electron chi connectivity index (χ4n) is 2.28. The largest absolute Gasteiger partial charge is 0.332 e. The number of likely N-dealkylation sites (N-methyl/N-ethyl adjacent to an activating group) is 1. The van der Waals surface area contributed by atoms with Gasteiger partial charge in [0.15, 0.2) is 0 Å². The number of aliphatic imine (C=N–C) groups is 1. The molecule has 0 saturated carbocycles. The number of nitrogens with one attached hydrogen (secondary N) is 1. The summed E-state index contributed by atoms with van der Waals surface area (Å²) in [6.07, 6.45) is 4.83. The first-order chi connectivity index (χ1) is 7.29. The third kappa shape index (κ3) is 1.53. The normalized spacial score (nSPS) is 26.4. The van der Waals surface area contributed by atoms with Gasteiger partial charge in [0.25, 0.3) is 0 Å². The minimum Gasteiger partial charge on any atom is -0.332 e. The number of nitrogens with zero attached hydrogens (tertiary/aromatic N) is 2. The molecule has 0 spiro atoms. The molecule has 0 bridgehead atoms. The number of hydrogen-bond acceptors (Lipinski definition) is 2. The minimum absolute atomic E-state index is 0.954. The lowest BCUT2D eigenvalue weighted by Gasteiger charge is -2.20. The van der Waals surface area contributed by atoms with Gasteiger partial charge in [-0.05, 0) is 12.5 Å². The molecule has 1 N–H and O–H groups in total. The Balaban J connectivity index is 2.45. The number of rotatable bonds is 1. The van der Waals surface area contributed by atoms with Crippen LogP contribution in [0.15, 0.2) is 40.7 Å². The van der Waals surface area contributed by atoms with Crippen molar-refractivity contribution in [3.05, 3.63) is 35.7 Å². The third-order valence-electron chi connectivity index (χ3n) is 2.98. The first-order valence-electron chi connectivity index (χ1n) is 5.31. The minimum atomic E-state index is 0.954. The monoisotopic (exact) mass is 203 g/mol. The van der Waals surface area contributed by atoms with E-state index in [9.17, 15) is 0 Å². The zero-order valence-electron chi connectivity index (χ0n) is 9.38. The van der Waals surface area contributed by atoms with Crippen LogP contribution in [0.2, 0.25) is 0 Å². The predicted octanol–water partition coefficient (Wildman–Crippen LogP) is 1.67. The molecule has 2 aliphatic heterocycles. The zero-order chi connectivity index (χ0) is 10.8. The van der Waals surface area contributed by atoms with Crippen LogP contribution in [0.5, 0.6) is 0 Å². The van der Waals surface area contributed by atoms with Crippen molar-refractivity contribution in [2.75, 3.05) is 20.1 Å². The summed E-state index contributed by atoms with van der Waals surface area (Å²) in [5.74, 6) is 1.03. The number of allylic oxidation sites excluding steroid dienone is 1. The average Bonchev–Trinajstić information content (AvgIpc) is 2.54. The van der Waals surface area contributed by atoms with E-state index >= 15 is 0 Å². The highest BCUT2D eigenvalue weighted by Gasteiger charge is 2.30. The van der Waals surface area contributed by atoms with Gasteiger partial charge < -0.3 is 10.2 Å². The second-order valence-corrected chi connectivity index (χ2v) is 3.75. The van der Waals surface area contributed by atoms with Gasteiger partial charge in [0.05, 0.1) is 0 Å². The summed E-state index contributed by atoms with van der Waals surface area (Å²) < 4.78 is 0. The first kappa shape index (κ1) is 10.2. The molecule has 0 amide bonds. The van der Waals surface area contributed by atoms with Gasteiger partial charge in [-0.2, -0.15) is 0 Å². The van der Waals surface area contributed by atoms with Crippen LogP contribution in [-0.4, -0.2) is 30.9 Å². The van der Waals surface area contributed by atoms with Crippen molar-refractivity contribution in [2.45, 2.75) is 13.3 Å². The summed E-state index contributed by atoms with van der Waals surface area (Å²) in [4.78, 5) is 6.54. The molecule has 0 atom stereocenters. The second kappa shape index (κ2) is 4.03. The molecular formula is C12H17N3. The van der Waals surface area contributed by atoms with Crippen LogP contribution in [0.25, 0.3) is 0 Å². The third-order valence-corrected chi connectivity index (χ3v) is 2.98. The zero-order valence-corrected chi connectivity index (χ0v) is 9.38. The van der Waals surface area contributed by atoms with Gasteiger partial charge in [-0.15, -0.1) is 0 Å². The van der Waals surface area contributed by atoms with Gasteiger partial charge in [-0.1, -0.05) is 12.7 Å². The molecule has 0 radical (unpaired) electrons. The van der Waals surface area contributed by atoms with Crippen molar-refractivity contribution in [3.63, 3.8) is 0 Å². The molecule has 3 heteroatoms. The topological polar surface area (TPSA) is 27.6 Å². The van der Waals surface area contributed by atoms with Gasteiger partial charge in [0.1, 0.15) is 5.84 Å². The average molecular weight is 203 g/mol. The molecule has 15 heavy (non-hydrogen) atoms. The fourth-order valence-corrected chi connectivity index (χ4v) is 2.28. The van der Waals surface area contributed by atoms with E-state index < -0.39 is 0 Å². The molecule has 2 heterocycles. The molecule has 80 valence electrons. The summed E-state index contributed by atoms with van der Waals surface area (Å²) in [6.45, 7) is 7.74. The number of hydrogen-bond donors (Lipinski definition) is 1. The Morgan fingerprint density at radius 1 is 1.53 bits per heavy atom. The van der Waals surface area contributed by atoms with E-state index in [1.165, 1.54) is 16.8 Å². The number of amidine groups is 1. The Morgan fingerprint density at radius 3 is 3.00 bits per heavy atom. The lowest BCUT2D eigenvalue weighted by atomic mass is 10.0. The lowest BCUT2D eigenvalue weighted by Crippen LogP contribution is -2.27. The molecule has 0 unspecified atom stereocenters. The highest BCUT2D eigenvalue weighted by atomic mass is 15.2. The summed E-state index contributed by atoms with van der Waals surface area (Å²) in [6, 6.07) is 0. The highest BCUT2D eigenvalue weighted by Crippen LogP contribution is 2.32. The molecule has 0 aromatic rings. The Labute approximate surface area is 90.9 Å². The van der Waals surface area contributed by atoms with Crippen LogP contribution in [0.3, 0.4) is 0 Å². The van der Waals surface area contributed by atoms with Crippen molar-refractivity contribution in [3.8, 4) is 0 Å². The lowest BCUT2D eigenvalue weighted by molar-refractivity contribution is 0.556. The quantitative estimate of drug-likeness (QED) is 0.702. The maximum atomic E-state index is 4.35. The maximum absolute atomic E-state index is 4.35. The van der Waals surface area contributed by atoms with Crippen molar-refractivity contribution in [1.82, 2.24) is 10.2 Å². The molecule has 2 rings (SSSR count). The molecular weight excluding hydrogens is 186 g/mol. The van der Waals surface area contributed by atoms with Gasteiger partial charge >= 0.3 is 0 Å².